The molecule has 0 N–H and O–H groups in total. The van der Waals surface area contributed by atoms with Gasteiger partial charge in [0.1, 0.15) is 23.0 Å². The van der Waals surface area contributed by atoms with E-state index in [4.69, 9.17) is 18.5 Å². The molecular formula is C32H44O6P2. The van der Waals surface area contributed by atoms with Crippen molar-refractivity contribution in [2.24, 2.45) is 0 Å². The van der Waals surface area contributed by atoms with Gasteiger partial charge in [0, 0.05) is 6.07 Å². The van der Waals surface area contributed by atoms with E-state index in [0.29, 0.717) is 30.8 Å². The number of hydrogen-bond donors (Lipinski definition) is 0. The van der Waals surface area contributed by atoms with Gasteiger partial charge >= 0.3 is 0 Å². The molecule has 4 atom stereocenters. The largest absolute Gasteiger partial charge is 0.476 e. The van der Waals surface area contributed by atoms with Gasteiger partial charge in [-0.15, -0.1) is 0 Å². The van der Waals surface area contributed by atoms with Crippen LogP contribution in [-0.2, 0) is 9.13 Å². The first-order valence-electron chi connectivity index (χ1n) is 14.0. The Bertz CT molecular complexity index is 1320. The van der Waals surface area contributed by atoms with Gasteiger partial charge in [-0.3, -0.25) is 9.13 Å². The van der Waals surface area contributed by atoms with Crippen LogP contribution in [-0.4, -0.2) is 10.7 Å². The van der Waals surface area contributed by atoms with Crippen LogP contribution in [0.25, 0.3) is 0 Å². The third-order valence-corrected chi connectivity index (χ3v) is 11.0. The summed E-state index contributed by atoms with van der Waals surface area (Å²) in [5.41, 5.74) is 3.94. The van der Waals surface area contributed by atoms with Crippen molar-refractivity contribution in [1.29, 1.82) is 0 Å². The summed E-state index contributed by atoms with van der Waals surface area (Å²) in [6.45, 7) is 15.7. The minimum absolute atomic E-state index is 0.370. The molecule has 0 aliphatic carbocycles. The zero-order chi connectivity index (χ0) is 29.5. The summed E-state index contributed by atoms with van der Waals surface area (Å²) >= 11 is 0. The van der Waals surface area contributed by atoms with E-state index in [1.54, 1.807) is 24.3 Å². The molecule has 0 aliphatic rings. The van der Waals surface area contributed by atoms with Gasteiger partial charge < -0.3 is 18.5 Å². The molecule has 0 saturated carbocycles. The number of aryl methyl sites for hydroxylation is 4. The Hall–Kier alpha value is -2.68. The van der Waals surface area contributed by atoms with Crippen LogP contribution in [0.5, 0.6) is 23.0 Å². The molecule has 0 spiro atoms. The Kier molecular flexibility index (Phi) is 11.0. The van der Waals surface area contributed by atoms with Crippen molar-refractivity contribution in [1.82, 2.24) is 0 Å². The summed E-state index contributed by atoms with van der Waals surface area (Å²) in [7, 11) is -5.45. The molecule has 218 valence electrons. The van der Waals surface area contributed by atoms with Crippen molar-refractivity contribution in [3.8, 4) is 23.0 Å². The SMILES string of the molecule is CCCC(CC)(Oc1c(C)cccc1C)[PH](=O)Oc1cccc(O[PH](=O)C(C)(CC)Oc2c(C)cccc2C)c1. The third kappa shape index (κ3) is 7.33. The summed E-state index contributed by atoms with van der Waals surface area (Å²) in [5, 5.41) is -1.97. The van der Waals surface area contributed by atoms with Crippen LogP contribution in [0.3, 0.4) is 0 Å². The molecule has 0 amide bonds. The number of benzene rings is 3. The minimum atomic E-state index is -2.73. The number of para-hydroxylation sites is 2. The third-order valence-electron chi connectivity index (χ3n) is 7.37. The standard InChI is InChI=1S/C32H44O6P2/c1-9-21-32(11-3,36-30-25(6)17-13-18-26(30)7)40(34)38-28-20-14-19-27(22-28)37-39(33)31(8,10-2)35-29-23(4)15-12-16-24(29)5/h12-20,22,39-40H,9-11,21H2,1-8H3. The van der Waals surface area contributed by atoms with Crippen molar-refractivity contribution in [2.45, 2.75) is 91.8 Å². The smallest absolute Gasteiger partial charge is 0.279 e. The Morgan fingerprint density at radius 1 is 0.650 bits per heavy atom. The second kappa shape index (κ2) is 13.8. The molecule has 4 unspecified atom stereocenters. The fourth-order valence-electron chi connectivity index (χ4n) is 4.61. The summed E-state index contributed by atoms with van der Waals surface area (Å²) in [6.07, 6.45) is 2.40. The molecule has 0 aliphatic heterocycles. The predicted molar refractivity (Wildman–Crippen MR) is 165 cm³/mol. The Morgan fingerprint density at radius 3 is 1.55 bits per heavy atom. The van der Waals surface area contributed by atoms with Crippen molar-refractivity contribution in [3.05, 3.63) is 82.9 Å². The van der Waals surface area contributed by atoms with Crippen molar-refractivity contribution < 1.29 is 27.7 Å². The van der Waals surface area contributed by atoms with Gasteiger partial charge in [0.15, 0.2) is 10.7 Å². The average molecular weight is 587 g/mol. The van der Waals surface area contributed by atoms with E-state index >= 15 is 0 Å². The second-order valence-corrected chi connectivity index (χ2v) is 14.1. The highest BCUT2D eigenvalue weighted by Gasteiger charge is 2.39. The first-order chi connectivity index (χ1) is 19.0. The molecule has 0 aromatic heterocycles. The predicted octanol–water partition coefficient (Wildman–Crippen LogP) is 9.82. The van der Waals surface area contributed by atoms with Gasteiger partial charge in [0.2, 0.25) is 0 Å². The lowest BCUT2D eigenvalue weighted by Gasteiger charge is -2.33. The fourth-order valence-corrected chi connectivity index (χ4v) is 7.09. The first kappa shape index (κ1) is 31.8. The van der Waals surface area contributed by atoms with E-state index in [9.17, 15) is 9.13 Å². The summed E-state index contributed by atoms with van der Waals surface area (Å²) in [6, 6.07) is 18.7. The number of rotatable bonds is 14. The molecule has 3 aromatic carbocycles. The highest BCUT2D eigenvalue weighted by Crippen LogP contribution is 2.50. The maximum atomic E-state index is 13.8. The van der Waals surface area contributed by atoms with E-state index in [-0.39, 0.29) is 0 Å². The van der Waals surface area contributed by atoms with E-state index < -0.39 is 26.7 Å². The molecule has 0 fully saturated rings. The normalized spacial score (nSPS) is 15.8. The number of ether oxygens (including phenoxy) is 2. The maximum absolute atomic E-state index is 13.8. The quantitative estimate of drug-likeness (QED) is 0.175. The van der Waals surface area contributed by atoms with E-state index in [2.05, 4.69) is 0 Å². The Morgan fingerprint density at radius 2 is 1.10 bits per heavy atom. The lowest BCUT2D eigenvalue weighted by Crippen LogP contribution is -2.33. The van der Waals surface area contributed by atoms with Gasteiger partial charge in [0.05, 0.1) is 0 Å². The molecule has 0 radical (unpaired) electrons. The minimum Gasteiger partial charge on any atom is -0.476 e. The van der Waals surface area contributed by atoms with Gasteiger partial charge in [-0.25, -0.2) is 0 Å². The van der Waals surface area contributed by atoms with Crippen LogP contribution in [0.15, 0.2) is 60.7 Å². The van der Waals surface area contributed by atoms with Gasteiger partial charge in [-0.2, -0.15) is 0 Å². The highest BCUT2D eigenvalue weighted by atomic mass is 31.1. The molecule has 3 rings (SSSR count). The van der Waals surface area contributed by atoms with Crippen LogP contribution in [0, 0.1) is 27.7 Å². The summed E-state index contributed by atoms with van der Waals surface area (Å²) in [4.78, 5) is 0. The molecule has 6 nitrogen and oxygen atoms in total. The van der Waals surface area contributed by atoms with Crippen LogP contribution >= 0.6 is 16.1 Å². The monoisotopic (exact) mass is 586 g/mol. The number of hydrogen-bond acceptors (Lipinski definition) is 6. The van der Waals surface area contributed by atoms with Gasteiger partial charge in [-0.05, 0) is 88.3 Å². The highest BCUT2D eigenvalue weighted by molar-refractivity contribution is 7.41. The zero-order valence-electron chi connectivity index (χ0n) is 25.1. The van der Waals surface area contributed by atoms with E-state index in [0.717, 1.165) is 40.2 Å². The maximum Gasteiger partial charge on any atom is 0.279 e. The Balaban J connectivity index is 1.81. The molecular weight excluding hydrogens is 542 g/mol. The fraction of sp³-hybridized carbons (Fsp3) is 0.438. The van der Waals surface area contributed by atoms with Crippen LogP contribution < -0.4 is 18.5 Å². The average Bonchev–Trinajstić information content (AvgIpc) is 2.92. The van der Waals surface area contributed by atoms with Gasteiger partial charge in [0.25, 0.3) is 16.1 Å². The van der Waals surface area contributed by atoms with E-state index in [1.165, 1.54) is 0 Å². The van der Waals surface area contributed by atoms with Crippen LogP contribution in [0.2, 0.25) is 0 Å². The molecule has 3 aromatic rings. The Labute approximate surface area is 241 Å². The van der Waals surface area contributed by atoms with Crippen LogP contribution in [0.4, 0.5) is 0 Å². The lowest BCUT2D eigenvalue weighted by molar-refractivity contribution is 0.127. The van der Waals surface area contributed by atoms with Gasteiger partial charge in [-0.1, -0.05) is 69.7 Å². The molecule has 40 heavy (non-hydrogen) atoms. The second-order valence-electron chi connectivity index (χ2n) is 10.6. The van der Waals surface area contributed by atoms with Crippen molar-refractivity contribution >= 4 is 16.1 Å². The van der Waals surface area contributed by atoms with E-state index in [1.807, 2.05) is 91.8 Å². The van der Waals surface area contributed by atoms with Crippen molar-refractivity contribution in [3.63, 3.8) is 0 Å². The molecule has 0 saturated heterocycles. The van der Waals surface area contributed by atoms with Crippen molar-refractivity contribution in [2.75, 3.05) is 0 Å². The first-order valence-corrected chi connectivity index (χ1v) is 16.7. The topological polar surface area (TPSA) is 71.1 Å². The molecule has 0 bridgehead atoms. The molecule has 8 heteroatoms. The molecule has 0 heterocycles. The summed E-state index contributed by atoms with van der Waals surface area (Å²) in [5.74, 6) is 2.22. The summed E-state index contributed by atoms with van der Waals surface area (Å²) < 4.78 is 52.2. The lowest BCUT2D eigenvalue weighted by atomic mass is 10.1. The zero-order valence-corrected chi connectivity index (χ0v) is 27.1. The van der Waals surface area contributed by atoms with Crippen LogP contribution in [0.1, 0.15) is 75.6 Å².